The molecule has 2 aromatic rings. The number of hydrogen-bond acceptors (Lipinski definition) is 3. The highest BCUT2D eigenvalue weighted by atomic mass is 19.4. The van der Waals surface area contributed by atoms with Crippen LogP contribution in [0.3, 0.4) is 0 Å². The Morgan fingerprint density at radius 3 is 2.23 bits per heavy atom. The molecule has 1 heterocycles. The average Bonchev–Trinajstić information content (AvgIpc) is 2.80. The van der Waals surface area contributed by atoms with E-state index in [2.05, 4.69) is 5.32 Å². The number of carbonyl (C=O) groups excluding carboxylic acids is 2. The summed E-state index contributed by atoms with van der Waals surface area (Å²) in [4.78, 5) is 25.8. The van der Waals surface area contributed by atoms with Crippen LogP contribution in [-0.2, 0) is 15.8 Å². The molecule has 0 aliphatic carbocycles. The Labute approximate surface area is 147 Å². The molecule has 2 aromatic carbocycles. The number of nitrogens with one attached hydrogen (secondary N) is 1. The van der Waals surface area contributed by atoms with E-state index in [1.165, 1.54) is 19.2 Å². The molecule has 4 nitrogen and oxygen atoms in total. The van der Waals surface area contributed by atoms with Crippen molar-refractivity contribution in [3.05, 3.63) is 70.9 Å². The summed E-state index contributed by atoms with van der Waals surface area (Å²) in [7, 11) is 1.33. The maximum atomic E-state index is 12.9. The average molecular weight is 360 g/mol. The number of likely N-dealkylation sites (N-methyl/N-ethyl adjacent to an activating group) is 1. The van der Waals surface area contributed by atoms with Crippen molar-refractivity contribution in [2.24, 2.45) is 0 Å². The van der Waals surface area contributed by atoms with Crippen LogP contribution in [0.2, 0.25) is 0 Å². The van der Waals surface area contributed by atoms with Crippen molar-refractivity contribution < 1.29 is 22.8 Å². The molecule has 134 valence electrons. The molecule has 0 atom stereocenters. The van der Waals surface area contributed by atoms with Crippen LogP contribution in [0.5, 0.6) is 0 Å². The minimum Gasteiger partial charge on any atom is -0.350 e. The van der Waals surface area contributed by atoms with Crippen LogP contribution < -0.4 is 5.32 Å². The predicted molar refractivity (Wildman–Crippen MR) is 90.9 cm³/mol. The van der Waals surface area contributed by atoms with Gasteiger partial charge in [-0.15, -0.1) is 0 Å². The highest BCUT2D eigenvalue weighted by Gasteiger charge is 2.37. The predicted octanol–water partition coefficient (Wildman–Crippen LogP) is 3.84. The standard InChI is InChI=1S/C19H15F3N2O2/c1-11-6-8-12(9-7-11)15-16(18(26)24(2)17(15)25)23-14-5-3-4-13(10-14)19(20,21)22/h3-10,23H,1-2H3. The van der Waals surface area contributed by atoms with Crippen molar-refractivity contribution in [3.63, 3.8) is 0 Å². The summed E-state index contributed by atoms with van der Waals surface area (Å²) < 4.78 is 38.7. The van der Waals surface area contributed by atoms with E-state index in [0.717, 1.165) is 22.6 Å². The maximum Gasteiger partial charge on any atom is 0.416 e. The molecule has 0 saturated heterocycles. The lowest BCUT2D eigenvalue weighted by Crippen LogP contribution is -2.27. The lowest BCUT2D eigenvalue weighted by Gasteiger charge is -2.12. The Kier molecular flexibility index (Phi) is 4.31. The number of alkyl halides is 3. The van der Waals surface area contributed by atoms with Gasteiger partial charge in [0.15, 0.2) is 0 Å². The van der Waals surface area contributed by atoms with E-state index in [1.807, 2.05) is 6.92 Å². The lowest BCUT2D eigenvalue weighted by molar-refractivity contribution is -0.137. The summed E-state index contributed by atoms with van der Waals surface area (Å²) >= 11 is 0. The Bertz CT molecular complexity index is 915. The topological polar surface area (TPSA) is 49.4 Å². The van der Waals surface area contributed by atoms with E-state index in [0.29, 0.717) is 5.56 Å². The highest BCUT2D eigenvalue weighted by Crippen LogP contribution is 2.33. The number of halogens is 3. The van der Waals surface area contributed by atoms with Crippen LogP contribution in [0.1, 0.15) is 16.7 Å². The van der Waals surface area contributed by atoms with Gasteiger partial charge in [0.1, 0.15) is 5.70 Å². The fourth-order valence-electron chi connectivity index (χ4n) is 2.66. The zero-order valence-electron chi connectivity index (χ0n) is 14.0. The SMILES string of the molecule is Cc1ccc(C2=C(Nc3cccc(C(F)(F)F)c3)C(=O)N(C)C2=O)cc1. The largest absolute Gasteiger partial charge is 0.416 e. The fraction of sp³-hybridized carbons (Fsp3) is 0.158. The second kappa shape index (κ2) is 6.33. The molecule has 0 saturated carbocycles. The minimum atomic E-state index is -4.50. The molecule has 0 unspecified atom stereocenters. The van der Waals surface area contributed by atoms with Gasteiger partial charge in [0.05, 0.1) is 11.1 Å². The first-order chi connectivity index (χ1) is 12.2. The van der Waals surface area contributed by atoms with Gasteiger partial charge in [0.2, 0.25) is 0 Å². The lowest BCUT2D eigenvalue weighted by atomic mass is 10.0. The number of hydrogen-bond donors (Lipinski definition) is 1. The van der Waals surface area contributed by atoms with Crippen molar-refractivity contribution >= 4 is 23.1 Å². The zero-order valence-corrected chi connectivity index (χ0v) is 14.0. The van der Waals surface area contributed by atoms with Crippen molar-refractivity contribution in [1.29, 1.82) is 0 Å². The summed E-state index contributed by atoms with van der Waals surface area (Å²) in [6, 6.07) is 11.5. The molecule has 0 fully saturated rings. The Balaban J connectivity index is 2.06. The molecule has 0 aromatic heterocycles. The molecule has 0 radical (unpaired) electrons. The van der Waals surface area contributed by atoms with Gasteiger partial charge in [0.25, 0.3) is 11.8 Å². The van der Waals surface area contributed by atoms with Crippen LogP contribution in [0, 0.1) is 6.92 Å². The van der Waals surface area contributed by atoms with Crippen molar-refractivity contribution in [2.45, 2.75) is 13.1 Å². The van der Waals surface area contributed by atoms with Gasteiger partial charge in [-0.1, -0.05) is 35.9 Å². The third-order valence-electron chi connectivity index (χ3n) is 4.09. The summed E-state index contributed by atoms with van der Waals surface area (Å²) in [5, 5.41) is 2.69. The number of rotatable bonds is 3. The van der Waals surface area contributed by atoms with Gasteiger partial charge < -0.3 is 5.32 Å². The number of amides is 2. The second-order valence-electron chi connectivity index (χ2n) is 5.99. The monoisotopic (exact) mass is 360 g/mol. The van der Waals surface area contributed by atoms with E-state index in [1.54, 1.807) is 24.3 Å². The first-order valence-electron chi connectivity index (χ1n) is 7.76. The molecular formula is C19H15F3N2O2. The Morgan fingerprint density at radius 1 is 0.962 bits per heavy atom. The smallest absolute Gasteiger partial charge is 0.350 e. The van der Waals surface area contributed by atoms with Gasteiger partial charge in [0, 0.05) is 12.7 Å². The van der Waals surface area contributed by atoms with Gasteiger partial charge in [-0.3, -0.25) is 14.5 Å². The van der Waals surface area contributed by atoms with E-state index >= 15 is 0 Å². The number of aryl methyl sites for hydroxylation is 1. The van der Waals surface area contributed by atoms with Crippen LogP contribution in [-0.4, -0.2) is 23.8 Å². The summed E-state index contributed by atoms with van der Waals surface area (Å²) in [6.07, 6.45) is -4.50. The van der Waals surface area contributed by atoms with E-state index < -0.39 is 23.6 Å². The maximum absolute atomic E-state index is 12.9. The molecule has 2 amide bonds. The Morgan fingerprint density at radius 2 is 1.62 bits per heavy atom. The molecule has 3 rings (SSSR count). The number of carbonyl (C=O) groups is 2. The first kappa shape index (κ1) is 17.7. The molecular weight excluding hydrogens is 345 g/mol. The van der Waals surface area contributed by atoms with Crippen molar-refractivity contribution in [3.8, 4) is 0 Å². The molecule has 0 bridgehead atoms. The molecule has 1 aliphatic heterocycles. The summed E-state index contributed by atoms with van der Waals surface area (Å²) in [6.45, 7) is 1.88. The molecule has 26 heavy (non-hydrogen) atoms. The van der Waals surface area contributed by atoms with Gasteiger partial charge in [-0.25, -0.2) is 0 Å². The minimum absolute atomic E-state index is 0.0410. The van der Waals surface area contributed by atoms with E-state index in [9.17, 15) is 22.8 Å². The third kappa shape index (κ3) is 3.20. The number of nitrogens with zero attached hydrogens (tertiary/aromatic N) is 1. The van der Waals surface area contributed by atoms with Crippen molar-refractivity contribution in [1.82, 2.24) is 4.90 Å². The molecule has 1 aliphatic rings. The quantitative estimate of drug-likeness (QED) is 0.847. The van der Waals surface area contributed by atoms with Crippen LogP contribution in [0.4, 0.5) is 18.9 Å². The Hall–Kier alpha value is -3.09. The molecule has 1 N–H and O–H groups in total. The summed E-state index contributed by atoms with van der Waals surface area (Å²) in [5.41, 5.74) is 0.830. The van der Waals surface area contributed by atoms with E-state index in [-0.39, 0.29) is 17.0 Å². The van der Waals surface area contributed by atoms with Gasteiger partial charge in [-0.2, -0.15) is 13.2 Å². The molecule has 7 heteroatoms. The van der Waals surface area contributed by atoms with Crippen LogP contribution in [0.15, 0.2) is 54.2 Å². The number of benzene rings is 2. The van der Waals surface area contributed by atoms with Crippen molar-refractivity contribution in [2.75, 3.05) is 12.4 Å². The normalized spacial score (nSPS) is 15.0. The van der Waals surface area contributed by atoms with Gasteiger partial charge in [-0.05, 0) is 30.7 Å². The third-order valence-corrected chi connectivity index (χ3v) is 4.09. The molecule has 0 spiro atoms. The van der Waals surface area contributed by atoms with Crippen LogP contribution >= 0.6 is 0 Å². The first-order valence-corrected chi connectivity index (χ1v) is 7.76. The van der Waals surface area contributed by atoms with Gasteiger partial charge >= 0.3 is 6.18 Å². The second-order valence-corrected chi connectivity index (χ2v) is 5.99. The van der Waals surface area contributed by atoms with E-state index in [4.69, 9.17) is 0 Å². The zero-order chi connectivity index (χ0) is 19.1. The number of anilines is 1. The summed E-state index contributed by atoms with van der Waals surface area (Å²) in [5.74, 6) is -1.10. The fourth-order valence-corrected chi connectivity index (χ4v) is 2.66. The van der Waals surface area contributed by atoms with Crippen LogP contribution in [0.25, 0.3) is 5.57 Å². The number of imide groups is 1. The highest BCUT2D eigenvalue weighted by molar-refractivity contribution is 6.36.